The van der Waals surface area contributed by atoms with Gasteiger partial charge in [-0.2, -0.15) is 0 Å². The highest BCUT2D eigenvalue weighted by Crippen LogP contribution is 1.95. The summed E-state index contributed by atoms with van der Waals surface area (Å²) in [7, 11) is 0. The largest absolute Gasteiger partial charge is 0.369 e. The van der Waals surface area contributed by atoms with Crippen LogP contribution in [0.15, 0.2) is 18.3 Å². The van der Waals surface area contributed by atoms with Crippen LogP contribution in [0.4, 0.5) is 0 Å². The van der Waals surface area contributed by atoms with Gasteiger partial charge in [-0.15, -0.1) is 0 Å². The molecular weight excluding hydrogens is 180 g/mol. The monoisotopic (exact) mass is 188 g/mol. The van der Waals surface area contributed by atoms with E-state index in [1.54, 1.807) is 12.1 Å². The lowest BCUT2D eigenvalue weighted by atomic mass is 10.2. The van der Waals surface area contributed by atoms with Crippen LogP contribution in [0.5, 0.6) is 0 Å². The van der Waals surface area contributed by atoms with E-state index in [0.29, 0.717) is 17.5 Å². The van der Waals surface area contributed by atoms with Crippen LogP contribution in [0.3, 0.4) is 0 Å². The quantitative estimate of drug-likeness (QED) is 0.529. The van der Waals surface area contributed by atoms with Crippen molar-refractivity contribution >= 4 is 12.2 Å². The van der Waals surface area contributed by atoms with Gasteiger partial charge in [-0.3, -0.25) is 9.59 Å². The smallest absolute Gasteiger partial charge is 0.229 e. The molecule has 0 spiro atoms. The fraction of sp³-hybridized carbons (Fsp3) is 0.100. The second-order valence-corrected chi connectivity index (χ2v) is 2.54. The van der Waals surface area contributed by atoms with Gasteiger partial charge in [0.15, 0.2) is 6.29 Å². The summed E-state index contributed by atoms with van der Waals surface area (Å²) in [4.78, 5) is 24.5. The molecule has 70 valence electrons. The highest BCUT2D eigenvalue weighted by Gasteiger charge is 1.91. The summed E-state index contributed by atoms with van der Waals surface area (Å²) in [6.07, 6.45) is 2.13. The Hall–Kier alpha value is -2.15. The van der Waals surface area contributed by atoms with Crippen LogP contribution in [-0.2, 0) is 4.79 Å². The molecule has 0 atom stereocenters. The average molecular weight is 188 g/mol. The summed E-state index contributed by atoms with van der Waals surface area (Å²) in [5.41, 5.74) is 5.90. The molecule has 1 amide bonds. The molecule has 0 fully saturated rings. The first-order chi connectivity index (χ1) is 6.72. The number of aromatic nitrogens is 1. The fourth-order valence-electron chi connectivity index (χ4n) is 0.771. The number of aldehydes is 1. The van der Waals surface area contributed by atoms with Crippen molar-refractivity contribution in [3.05, 3.63) is 29.6 Å². The van der Waals surface area contributed by atoms with Gasteiger partial charge in [0.25, 0.3) is 0 Å². The lowest BCUT2D eigenvalue weighted by molar-refractivity contribution is -0.117. The molecule has 4 nitrogen and oxygen atoms in total. The minimum absolute atomic E-state index is 0.0110. The fourth-order valence-corrected chi connectivity index (χ4v) is 0.771. The summed E-state index contributed by atoms with van der Waals surface area (Å²) in [5.74, 6) is 4.74. The van der Waals surface area contributed by atoms with E-state index in [0.717, 1.165) is 0 Å². The molecule has 0 aliphatic carbocycles. The number of primary amides is 1. The zero-order chi connectivity index (χ0) is 10.4. The second kappa shape index (κ2) is 4.77. The predicted molar refractivity (Wildman–Crippen MR) is 50.3 cm³/mol. The van der Waals surface area contributed by atoms with Crippen LogP contribution in [0.25, 0.3) is 0 Å². The van der Waals surface area contributed by atoms with Gasteiger partial charge in [0.2, 0.25) is 5.91 Å². The van der Waals surface area contributed by atoms with E-state index in [9.17, 15) is 9.59 Å². The Balaban J connectivity index is 2.71. The maximum absolute atomic E-state index is 10.3. The van der Waals surface area contributed by atoms with E-state index >= 15 is 0 Å². The molecule has 0 radical (unpaired) electrons. The number of rotatable bonds is 2. The number of nitrogens with zero attached hydrogens (tertiary/aromatic N) is 1. The molecule has 14 heavy (non-hydrogen) atoms. The van der Waals surface area contributed by atoms with Gasteiger partial charge in [-0.25, -0.2) is 4.98 Å². The van der Waals surface area contributed by atoms with Crippen LogP contribution >= 0.6 is 0 Å². The summed E-state index contributed by atoms with van der Waals surface area (Å²) in [6.45, 7) is 0. The maximum atomic E-state index is 10.3. The van der Waals surface area contributed by atoms with Gasteiger partial charge in [-0.1, -0.05) is 5.92 Å². The Morgan fingerprint density at radius 1 is 1.57 bits per heavy atom. The lowest BCUT2D eigenvalue weighted by Gasteiger charge is -1.89. The first kappa shape index (κ1) is 9.93. The summed E-state index contributed by atoms with van der Waals surface area (Å²) < 4.78 is 0. The van der Waals surface area contributed by atoms with Crippen molar-refractivity contribution in [1.29, 1.82) is 0 Å². The Labute approximate surface area is 81.1 Å². The Morgan fingerprint density at radius 2 is 2.36 bits per heavy atom. The number of hydrogen-bond acceptors (Lipinski definition) is 3. The minimum atomic E-state index is -0.470. The van der Waals surface area contributed by atoms with Crippen LogP contribution < -0.4 is 5.73 Å². The normalized spacial score (nSPS) is 8.57. The Bertz CT molecular complexity index is 398. The second-order valence-electron chi connectivity index (χ2n) is 2.54. The van der Waals surface area contributed by atoms with Crippen molar-refractivity contribution in [2.75, 3.05) is 0 Å². The van der Waals surface area contributed by atoms with E-state index in [1.807, 2.05) is 0 Å². The topological polar surface area (TPSA) is 73.1 Å². The van der Waals surface area contributed by atoms with Gasteiger partial charge in [0.1, 0.15) is 5.69 Å². The van der Waals surface area contributed by atoms with Crippen LogP contribution in [0.2, 0.25) is 0 Å². The molecule has 4 heteroatoms. The summed E-state index contributed by atoms with van der Waals surface area (Å²) in [6, 6.07) is 3.21. The standard InChI is InChI=1S/C10H8N2O2/c11-10(14)3-1-2-9-5-4-8(7-13)6-12-9/h4-7H,3H2,(H2,11,14). The van der Waals surface area contributed by atoms with Gasteiger partial charge in [0, 0.05) is 11.8 Å². The van der Waals surface area contributed by atoms with E-state index < -0.39 is 5.91 Å². The third kappa shape index (κ3) is 3.07. The molecule has 2 N–H and O–H groups in total. The number of carbonyl (C=O) groups is 2. The van der Waals surface area contributed by atoms with E-state index in [4.69, 9.17) is 5.73 Å². The van der Waals surface area contributed by atoms with Crippen LogP contribution in [0.1, 0.15) is 22.5 Å². The molecule has 0 aliphatic heterocycles. The molecule has 1 aromatic rings. The number of hydrogen-bond donors (Lipinski definition) is 1. The molecule has 0 saturated carbocycles. The van der Waals surface area contributed by atoms with Crippen molar-refractivity contribution in [3.63, 3.8) is 0 Å². The molecule has 0 unspecified atom stereocenters. The molecule has 0 bridgehead atoms. The summed E-state index contributed by atoms with van der Waals surface area (Å²) in [5, 5.41) is 0. The maximum Gasteiger partial charge on any atom is 0.229 e. The first-order valence-corrected chi connectivity index (χ1v) is 3.91. The number of nitrogens with two attached hydrogens (primary N) is 1. The molecule has 0 saturated heterocycles. The summed E-state index contributed by atoms with van der Waals surface area (Å²) >= 11 is 0. The van der Waals surface area contributed by atoms with Crippen molar-refractivity contribution in [3.8, 4) is 11.8 Å². The van der Waals surface area contributed by atoms with Crippen LogP contribution in [0, 0.1) is 11.8 Å². The highest BCUT2D eigenvalue weighted by molar-refractivity contribution is 5.76. The predicted octanol–water partition coefficient (Wildman–Crippen LogP) is 0.121. The van der Waals surface area contributed by atoms with Crippen LogP contribution in [-0.4, -0.2) is 17.2 Å². The molecule has 0 aromatic carbocycles. The zero-order valence-electron chi connectivity index (χ0n) is 7.36. The SMILES string of the molecule is NC(=O)CC#Cc1ccc(C=O)cn1. The number of carbonyl (C=O) groups excluding carboxylic acids is 2. The van der Waals surface area contributed by atoms with Crippen molar-refractivity contribution < 1.29 is 9.59 Å². The van der Waals surface area contributed by atoms with Crippen molar-refractivity contribution in [1.82, 2.24) is 4.98 Å². The average Bonchev–Trinajstić information content (AvgIpc) is 2.18. The third-order valence-corrected chi connectivity index (χ3v) is 1.40. The first-order valence-electron chi connectivity index (χ1n) is 3.91. The Morgan fingerprint density at radius 3 is 2.86 bits per heavy atom. The minimum Gasteiger partial charge on any atom is -0.369 e. The lowest BCUT2D eigenvalue weighted by Crippen LogP contribution is -2.08. The molecule has 1 heterocycles. The molecule has 1 aromatic heterocycles. The molecular formula is C10H8N2O2. The third-order valence-electron chi connectivity index (χ3n) is 1.40. The van der Waals surface area contributed by atoms with Gasteiger partial charge < -0.3 is 5.73 Å². The van der Waals surface area contributed by atoms with Crippen molar-refractivity contribution in [2.45, 2.75) is 6.42 Å². The van der Waals surface area contributed by atoms with Crippen molar-refractivity contribution in [2.24, 2.45) is 5.73 Å². The molecule has 0 aliphatic rings. The Kier molecular flexibility index (Phi) is 3.39. The van der Waals surface area contributed by atoms with Gasteiger partial charge in [0.05, 0.1) is 6.42 Å². The van der Waals surface area contributed by atoms with E-state index in [-0.39, 0.29) is 6.42 Å². The zero-order valence-corrected chi connectivity index (χ0v) is 7.36. The van der Waals surface area contributed by atoms with Gasteiger partial charge in [-0.05, 0) is 18.1 Å². The molecule has 1 rings (SSSR count). The highest BCUT2D eigenvalue weighted by atomic mass is 16.1. The van der Waals surface area contributed by atoms with E-state index in [1.165, 1.54) is 6.20 Å². The number of pyridine rings is 1. The van der Waals surface area contributed by atoms with E-state index in [2.05, 4.69) is 16.8 Å². The number of amides is 1. The van der Waals surface area contributed by atoms with Gasteiger partial charge >= 0.3 is 0 Å².